The molecule has 0 spiro atoms. The Labute approximate surface area is 150 Å². The van der Waals surface area contributed by atoms with E-state index in [2.05, 4.69) is 46.8 Å². The van der Waals surface area contributed by atoms with Crippen molar-refractivity contribution in [3.63, 3.8) is 0 Å². The van der Waals surface area contributed by atoms with E-state index in [0.717, 1.165) is 17.1 Å². The van der Waals surface area contributed by atoms with E-state index in [1.54, 1.807) is 6.20 Å². The quantitative estimate of drug-likeness (QED) is 0.559. The first-order chi connectivity index (χ1) is 11.9. The molecule has 0 bridgehead atoms. The van der Waals surface area contributed by atoms with Crippen LogP contribution < -0.4 is 0 Å². The van der Waals surface area contributed by atoms with Gasteiger partial charge in [-0.2, -0.15) is 0 Å². The fourth-order valence-corrected chi connectivity index (χ4v) is 3.14. The molecule has 6 nitrogen and oxygen atoms in total. The van der Waals surface area contributed by atoms with Crippen LogP contribution in [0, 0.1) is 10.1 Å². The van der Waals surface area contributed by atoms with E-state index in [-0.39, 0.29) is 5.41 Å². The summed E-state index contributed by atoms with van der Waals surface area (Å²) in [5, 5.41) is 14.4. The lowest BCUT2D eigenvalue weighted by molar-refractivity contribution is -0.742. The van der Waals surface area contributed by atoms with Crippen LogP contribution in [-0.2, 0) is 12.0 Å². The maximum Gasteiger partial charge on any atom is 0.291 e. The highest BCUT2D eigenvalue weighted by atomic mass is 35.5. The molecule has 0 saturated heterocycles. The van der Waals surface area contributed by atoms with Crippen molar-refractivity contribution in [1.29, 1.82) is 0 Å². The first-order valence-electron chi connectivity index (χ1n) is 7.53. The van der Waals surface area contributed by atoms with E-state index in [0.29, 0.717) is 0 Å². The van der Waals surface area contributed by atoms with Gasteiger partial charge in [0, 0.05) is 29.4 Å². The molecule has 0 aliphatic rings. The number of imidazole rings is 1. The van der Waals surface area contributed by atoms with Crippen molar-refractivity contribution < 1.29 is 10.3 Å². The zero-order chi connectivity index (χ0) is 18.3. The number of halogens is 1. The predicted octanol–water partition coefficient (Wildman–Crippen LogP) is 4.20. The zero-order valence-corrected chi connectivity index (χ0v) is 14.4. The molecule has 3 aromatic rings. The van der Waals surface area contributed by atoms with Crippen LogP contribution in [0.5, 0.6) is 0 Å². The Balaban J connectivity index is 0.000000511. The van der Waals surface area contributed by atoms with Crippen LogP contribution in [0.15, 0.2) is 73.3 Å². The molecule has 0 aliphatic carbocycles. The second-order valence-electron chi connectivity index (χ2n) is 5.65. The number of aromatic nitrogens is 2. The summed E-state index contributed by atoms with van der Waals surface area (Å²) in [5.41, 5.74) is 2.17. The third kappa shape index (κ3) is 4.81. The fourth-order valence-electron chi connectivity index (χ4n) is 2.79. The number of hydrogen-bond acceptors (Lipinski definition) is 3. The molecule has 1 unspecified atom stereocenters. The molecule has 2 aromatic carbocycles. The van der Waals surface area contributed by atoms with Crippen LogP contribution in [0.3, 0.4) is 0 Å². The van der Waals surface area contributed by atoms with Crippen LogP contribution in [0.2, 0.25) is 5.02 Å². The van der Waals surface area contributed by atoms with Crippen LogP contribution >= 0.6 is 11.6 Å². The van der Waals surface area contributed by atoms with Gasteiger partial charge >= 0.3 is 0 Å². The third-order valence-electron chi connectivity index (χ3n) is 3.94. The molecule has 0 fully saturated rings. The van der Waals surface area contributed by atoms with Gasteiger partial charge < -0.3 is 9.77 Å². The Kier molecular flexibility index (Phi) is 6.14. The van der Waals surface area contributed by atoms with E-state index >= 15 is 0 Å². The van der Waals surface area contributed by atoms with Crippen LogP contribution in [-0.4, -0.2) is 19.8 Å². The number of hydrogen-bond donors (Lipinski definition) is 1. The summed E-state index contributed by atoms with van der Waals surface area (Å²) in [6.07, 6.45) is 5.63. The topological polar surface area (TPSA) is 81.2 Å². The Morgan fingerprint density at radius 3 is 2.36 bits per heavy atom. The van der Waals surface area contributed by atoms with Crippen molar-refractivity contribution in [1.82, 2.24) is 9.55 Å². The minimum Gasteiger partial charge on any atom is -0.336 e. The molecule has 1 aromatic heterocycles. The lowest BCUT2D eigenvalue weighted by Gasteiger charge is -2.32. The first kappa shape index (κ1) is 18.5. The Bertz CT molecular complexity index is 805. The van der Waals surface area contributed by atoms with Crippen molar-refractivity contribution in [2.75, 3.05) is 0 Å². The van der Waals surface area contributed by atoms with Gasteiger partial charge in [0.25, 0.3) is 5.09 Å². The molecule has 130 valence electrons. The molecule has 1 atom stereocenters. The third-order valence-corrected chi connectivity index (χ3v) is 4.27. The monoisotopic (exact) mass is 359 g/mol. The maximum absolute atomic E-state index is 8.36. The standard InChI is InChI=1S/C18H17ClN2.HNO3/c1-18(13-21-12-11-20-14-21,15-7-3-2-4-8-15)16-9-5-6-10-17(16)19;2-1(3)4/h2-12,14H,13H2,1H3;(H,2,3,4). The largest absolute Gasteiger partial charge is 0.336 e. The molecule has 0 aliphatic heterocycles. The van der Waals surface area contributed by atoms with Crippen molar-refractivity contribution in [3.8, 4) is 0 Å². The summed E-state index contributed by atoms with van der Waals surface area (Å²) < 4.78 is 2.09. The van der Waals surface area contributed by atoms with Gasteiger partial charge in [0.05, 0.1) is 6.33 Å². The molecule has 1 heterocycles. The summed E-state index contributed by atoms with van der Waals surface area (Å²) in [7, 11) is 0. The van der Waals surface area contributed by atoms with E-state index < -0.39 is 5.09 Å². The average molecular weight is 360 g/mol. The molecule has 0 amide bonds. The summed E-state index contributed by atoms with van der Waals surface area (Å²) in [4.78, 5) is 12.5. The highest BCUT2D eigenvalue weighted by molar-refractivity contribution is 6.31. The molecule has 7 heteroatoms. The highest BCUT2D eigenvalue weighted by Crippen LogP contribution is 2.37. The second-order valence-corrected chi connectivity index (χ2v) is 6.06. The van der Waals surface area contributed by atoms with Gasteiger partial charge in [-0.15, -0.1) is 10.1 Å². The second kappa shape index (κ2) is 8.30. The Hall–Kier alpha value is -2.86. The SMILES string of the molecule is CC(Cn1ccnc1)(c1ccccc1)c1ccccc1Cl.O=[N+]([O-])O. The van der Waals surface area contributed by atoms with Crippen molar-refractivity contribution in [2.24, 2.45) is 0 Å². The summed E-state index contributed by atoms with van der Waals surface area (Å²) in [5.74, 6) is 0. The average Bonchev–Trinajstić information content (AvgIpc) is 3.08. The molecular formula is C18H18ClN3O3. The van der Waals surface area contributed by atoms with Gasteiger partial charge in [0.2, 0.25) is 0 Å². The van der Waals surface area contributed by atoms with Gasteiger partial charge in [-0.25, -0.2) is 4.98 Å². The van der Waals surface area contributed by atoms with E-state index in [9.17, 15) is 0 Å². The molecule has 0 saturated carbocycles. The summed E-state index contributed by atoms with van der Waals surface area (Å²) in [6.45, 7) is 3.02. The molecule has 3 rings (SSSR count). The van der Waals surface area contributed by atoms with Gasteiger partial charge in [-0.3, -0.25) is 0 Å². The normalized spacial score (nSPS) is 12.6. The van der Waals surface area contributed by atoms with Gasteiger partial charge in [-0.1, -0.05) is 60.1 Å². The van der Waals surface area contributed by atoms with Gasteiger partial charge in [-0.05, 0) is 24.1 Å². The van der Waals surface area contributed by atoms with Gasteiger partial charge in [0.15, 0.2) is 0 Å². The molecule has 1 N–H and O–H groups in total. The Morgan fingerprint density at radius 2 is 1.80 bits per heavy atom. The van der Waals surface area contributed by atoms with Crippen LogP contribution in [0.4, 0.5) is 0 Å². The summed E-state index contributed by atoms with van der Waals surface area (Å²) >= 11 is 6.47. The lowest BCUT2D eigenvalue weighted by Crippen LogP contribution is -2.29. The van der Waals surface area contributed by atoms with E-state index in [1.165, 1.54) is 5.56 Å². The van der Waals surface area contributed by atoms with E-state index in [4.69, 9.17) is 26.9 Å². The highest BCUT2D eigenvalue weighted by Gasteiger charge is 2.31. The van der Waals surface area contributed by atoms with Crippen LogP contribution in [0.1, 0.15) is 18.1 Å². The van der Waals surface area contributed by atoms with E-state index in [1.807, 2.05) is 36.8 Å². The maximum atomic E-state index is 8.36. The molecule has 25 heavy (non-hydrogen) atoms. The smallest absolute Gasteiger partial charge is 0.291 e. The zero-order valence-electron chi connectivity index (χ0n) is 13.6. The van der Waals surface area contributed by atoms with Crippen molar-refractivity contribution in [2.45, 2.75) is 18.9 Å². The van der Waals surface area contributed by atoms with Crippen molar-refractivity contribution >= 4 is 11.6 Å². The summed E-state index contributed by atoms with van der Waals surface area (Å²) in [6, 6.07) is 18.5. The minimum atomic E-state index is -1.50. The predicted molar refractivity (Wildman–Crippen MR) is 95.4 cm³/mol. The Morgan fingerprint density at radius 1 is 1.20 bits per heavy atom. The van der Waals surface area contributed by atoms with Crippen LogP contribution in [0.25, 0.3) is 0 Å². The first-order valence-corrected chi connectivity index (χ1v) is 7.91. The minimum absolute atomic E-state index is 0.208. The number of benzene rings is 2. The number of rotatable bonds is 4. The molecule has 0 radical (unpaired) electrons. The van der Waals surface area contributed by atoms with Crippen molar-refractivity contribution in [3.05, 3.63) is 99.6 Å². The van der Waals surface area contributed by atoms with Gasteiger partial charge in [0.1, 0.15) is 0 Å². The molecular weight excluding hydrogens is 342 g/mol. The lowest BCUT2D eigenvalue weighted by atomic mass is 9.76. The fraction of sp³-hybridized carbons (Fsp3) is 0.167. The number of nitrogens with zero attached hydrogens (tertiary/aromatic N) is 3.